The topological polar surface area (TPSA) is 34.5 Å². The Labute approximate surface area is 412 Å². The number of hydrogen-bond acceptors (Lipinski definition) is 4. The number of furan rings is 2. The van der Waals surface area contributed by atoms with Crippen LogP contribution >= 0.6 is 11.3 Å². The van der Waals surface area contributed by atoms with Crippen molar-refractivity contribution in [3.63, 3.8) is 0 Å². The van der Waals surface area contributed by atoms with Gasteiger partial charge in [-0.2, -0.15) is 0 Å². The van der Waals surface area contributed by atoms with Crippen LogP contribution in [0.3, 0.4) is 0 Å². The van der Waals surface area contributed by atoms with Crippen molar-refractivity contribution in [2.75, 3.05) is 4.90 Å². The largest absolute Gasteiger partial charge is 0.455 e. The molecule has 0 radical (unpaired) electrons. The van der Waals surface area contributed by atoms with E-state index >= 15 is 0 Å². The smallest absolute Gasteiger partial charge is 0.159 e. The lowest BCUT2D eigenvalue weighted by Crippen LogP contribution is -2.10. The Morgan fingerprint density at radius 2 is 0.972 bits per heavy atom. The zero-order valence-corrected chi connectivity index (χ0v) is 39.0. The lowest BCUT2D eigenvalue weighted by atomic mass is 9.97. The van der Waals surface area contributed by atoms with Gasteiger partial charge in [0.25, 0.3) is 0 Å². The Morgan fingerprint density at radius 1 is 0.338 bits per heavy atom. The molecule has 0 atom stereocenters. The maximum atomic E-state index is 7.05. The number of nitrogens with zero attached hydrogens (tertiary/aromatic N) is 2. The molecule has 4 aromatic heterocycles. The minimum Gasteiger partial charge on any atom is -0.455 e. The van der Waals surface area contributed by atoms with Crippen LogP contribution in [0.2, 0.25) is 0 Å². The molecule has 4 heterocycles. The minimum absolute atomic E-state index is 0.779. The molecular weight excluding hydrogens is 885 g/mol. The van der Waals surface area contributed by atoms with E-state index in [1.165, 1.54) is 47.6 Å². The van der Waals surface area contributed by atoms with E-state index in [-0.39, 0.29) is 0 Å². The summed E-state index contributed by atoms with van der Waals surface area (Å²) in [7, 11) is 0. The SMILES string of the molecule is c1ccc(-c2cccc(N(c3ccc4sc5ccccc5c4c3)c3cccc4c3oc3ccc5c(oc6cccc(-c7ccc8c9cc(-c%10ccccc%10)ccc9n(-c9ccccc9)c8c7)c65)c34)c2)cc1. The van der Waals surface area contributed by atoms with Gasteiger partial charge in [0, 0.05) is 64.2 Å². The normalized spacial score (nSPS) is 11.9. The van der Waals surface area contributed by atoms with Gasteiger partial charge in [0.1, 0.15) is 16.7 Å². The Kier molecular flexibility index (Phi) is 8.79. The predicted octanol–water partition coefficient (Wildman–Crippen LogP) is 19.4. The van der Waals surface area contributed by atoms with E-state index in [0.29, 0.717) is 0 Å². The van der Waals surface area contributed by atoms with Crippen LogP contribution in [-0.4, -0.2) is 4.57 Å². The van der Waals surface area contributed by atoms with Crippen molar-refractivity contribution in [3.8, 4) is 39.1 Å². The van der Waals surface area contributed by atoms with E-state index in [1.54, 1.807) is 0 Å². The fraction of sp³-hybridized carbons (Fsp3) is 0. The van der Waals surface area contributed by atoms with Gasteiger partial charge >= 0.3 is 0 Å². The van der Waals surface area contributed by atoms with E-state index in [1.807, 2.05) is 11.3 Å². The summed E-state index contributed by atoms with van der Waals surface area (Å²) in [4.78, 5) is 2.35. The standard InChI is InChI=1S/C66H40N2O2S/c1-4-15-41(16-5-1)43-19-12-22-47(37-43)67(48-31-36-62-55(40-48)51-23-10-11-28-61(51)71-62)57-26-13-25-52-64-60(69-65(52)57)35-33-53-63-49(24-14-27-59(63)70-66(53)64)45-29-32-50-54-38-44(42-17-6-2-7-18-42)30-34-56(54)68(58(50)39-45)46-20-8-3-9-21-46/h1-40H. The molecule has 15 aromatic rings. The first kappa shape index (κ1) is 39.8. The Bertz CT molecular complexity index is 4580. The summed E-state index contributed by atoms with van der Waals surface area (Å²) >= 11 is 1.83. The van der Waals surface area contributed by atoms with Crippen molar-refractivity contribution < 1.29 is 8.83 Å². The first-order valence-electron chi connectivity index (χ1n) is 24.1. The van der Waals surface area contributed by atoms with Crippen LogP contribution in [0.5, 0.6) is 0 Å². The second-order valence-electron chi connectivity index (χ2n) is 18.4. The molecule has 5 heteroatoms. The molecule has 0 unspecified atom stereocenters. The molecule has 0 saturated heterocycles. The molecule has 0 aliphatic carbocycles. The van der Waals surface area contributed by atoms with Gasteiger partial charge in [-0.1, -0.05) is 152 Å². The summed E-state index contributed by atoms with van der Waals surface area (Å²) in [5.74, 6) is 0. The van der Waals surface area contributed by atoms with E-state index in [4.69, 9.17) is 8.83 Å². The Morgan fingerprint density at radius 3 is 1.82 bits per heavy atom. The zero-order chi connectivity index (χ0) is 46.6. The first-order valence-corrected chi connectivity index (χ1v) is 24.9. The maximum Gasteiger partial charge on any atom is 0.159 e. The van der Waals surface area contributed by atoms with Crippen molar-refractivity contribution in [3.05, 3.63) is 243 Å². The summed E-state index contributed by atoms with van der Waals surface area (Å²) in [6.45, 7) is 0. The molecule has 11 aromatic carbocycles. The first-order chi connectivity index (χ1) is 35.2. The lowest BCUT2D eigenvalue weighted by molar-refractivity contribution is 0.663. The van der Waals surface area contributed by atoms with Crippen molar-refractivity contribution in [2.45, 2.75) is 0 Å². The van der Waals surface area contributed by atoms with Crippen LogP contribution in [0.4, 0.5) is 17.1 Å². The fourth-order valence-electron chi connectivity index (χ4n) is 11.2. The monoisotopic (exact) mass is 924 g/mol. The third kappa shape index (κ3) is 6.23. The number of rotatable bonds is 7. The van der Waals surface area contributed by atoms with Crippen molar-refractivity contribution in [2.24, 2.45) is 0 Å². The average molecular weight is 925 g/mol. The van der Waals surface area contributed by atoms with E-state index in [9.17, 15) is 0 Å². The van der Waals surface area contributed by atoms with Crippen molar-refractivity contribution in [1.82, 2.24) is 4.57 Å². The molecule has 15 rings (SSSR count). The molecule has 0 amide bonds. The van der Waals surface area contributed by atoms with Gasteiger partial charge in [-0.3, -0.25) is 0 Å². The molecule has 0 saturated carbocycles. The van der Waals surface area contributed by atoms with Gasteiger partial charge in [0.15, 0.2) is 5.58 Å². The minimum atomic E-state index is 0.779. The van der Waals surface area contributed by atoms with Crippen LogP contribution in [0.1, 0.15) is 0 Å². The molecular formula is C66H40N2O2S. The molecule has 0 fully saturated rings. The average Bonchev–Trinajstić information content (AvgIpc) is 4.21. The van der Waals surface area contributed by atoms with Gasteiger partial charge in [0.05, 0.1) is 22.1 Å². The van der Waals surface area contributed by atoms with Crippen LogP contribution in [0.15, 0.2) is 251 Å². The van der Waals surface area contributed by atoms with Gasteiger partial charge in [-0.15, -0.1) is 11.3 Å². The van der Waals surface area contributed by atoms with Crippen LogP contribution in [0.25, 0.3) is 125 Å². The van der Waals surface area contributed by atoms with Gasteiger partial charge in [-0.05, 0) is 124 Å². The van der Waals surface area contributed by atoms with Crippen molar-refractivity contribution >= 4 is 114 Å². The molecule has 332 valence electrons. The number of aromatic nitrogens is 1. The summed E-state index contributed by atoms with van der Waals surface area (Å²) in [5, 5.41) is 9.03. The second kappa shape index (κ2) is 15.7. The highest BCUT2D eigenvalue weighted by molar-refractivity contribution is 7.25. The number of para-hydroxylation sites is 2. The predicted molar refractivity (Wildman–Crippen MR) is 299 cm³/mol. The van der Waals surface area contributed by atoms with E-state index in [0.717, 1.165) is 94.4 Å². The van der Waals surface area contributed by atoms with E-state index in [2.05, 4.69) is 252 Å². The third-order valence-electron chi connectivity index (χ3n) is 14.4. The van der Waals surface area contributed by atoms with Gasteiger partial charge < -0.3 is 18.3 Å². The third-order valence-corrected chi connectivity index (χ3v) is 15.5. The van der Waals surface area contributed by atoms with Crippen LogP contribution < -0.4 is 4.90 Å². The molecule has 0 spiro atoms. The Hall–Kier alpha value is -9.16. The molecule has 0 bridgehead atoms. The molecule has 71 heavy (non-hydrogen) atoms. The highest BCUT2D eigenvalue weighted by atomic mass is 32.1. The van der Waals surface area contributed by atoms with Crippen molar-refractivity contribution in [1.29, 1.82) is 0 Å². The molecule has 0 N–H and O–H groups in total. The zero-order valence-electron chi connectivity index (χ0n) is 38.2. The highest BCUT2D eigenvalue weighted by Gasteiger charge is 2.24. The summed E-state index contributed by atoms with van der Waals surface area (Å²) < 4.78 is 19.0. The highest BCUT2D eigenvalue weighted by Crippen LogP contribution is 2.48. The van der Waals surface area contributed by atoms with Gasteiger partial charge in [-0.25, -0.2) is 0 Å². The summed E-state index contributed by atoms with van der Waals surface area (Å²) in [5.41, 5.74) is 16.7. The fourth-order valence-corrected chi connectivity index (χ4v) is 12.2. The lowest BCUT2D eigenvalue weighted by Gasteiger charge is -2.26. The second-order valence-corrected chi connectivity index (χ2v) is 19.5. The quantitative estimate of drug-likeness (QED) is 0.160. The summed E-state index contributed by atoms with van der Waals surface area (Å²) in [6, 6.07) is 87.3. The number of benzene rings is 11. The van der Waals surface area contributed by atoms with Gasteiger partial charge in [0.2, 0.25) is 0 Å². The Balaban J connectivity index is 0.921. The van der Waals surface area contributed by atoms with E-state index < -0.39 is 0 Å². The molecule has 0 aliphatic rings. The molecule has 4 nitrogen and oxygen atoms in total. The van der Waals surface area contributed by atoms with Crippen LogP contribution in [-0.2, 0) is 0 Å². The number of fused-ring (bicyclic) bond motifs is 13. The maximum absolute atomic E-state index is 7.05. The number of thiophene rings is 1. The van der Waals surface area contributed by atoms with Crippen LogP contribution in [0, 0.1) is 0 Å². The molecule has 0 aliphatic heterocycles. The number of anilines is 3. The number of hydrogen-bond donors (Lipinski definition) is 0. The summed E-state index contributed by atoms with van der Waals surface area (Å²) in [6.07, 6.45) is 0.